The molecule has 1 aromatic heterocycles. The second kappa shape index (κ2) is 4.15. The summed E-state index contributed by atoms with van der Waals surface area (Å²) in [5, 5.41) is 21.7. The molecule has 98 valence electrons. The Hall–Kier alpha value is -1.72. The minimum atomic E-state index is -1.31. The van der Waals surface area contributed by atoms with Crippen LogP contribution in [0, 0.1) is 5.82 Å². The van der Waals surface area contributed by atoms with Crippen molar-refractivity contribution in [3.05, 3.63) is 57.0 Å². The number of carboxylic acid groups (broad SMARTS) is 1. The molecule has 2 aromatic rings. The normalized spacial score (nSPS) is 21.4. The topological polar surface area (TPSA) is 57.5 Å². The van der Waals surface area contributed by atoms with Crippen LogP contribution < -0.4 is 0 Å². The molecule has 0 fully saturated rings. The predicted molar refractivity (Wildman–Crippen MR) is 69.0 cm³/mol. The smallest absolute Gasteiger partial charge is 0.336 e. The van der Waals surface area contributed by atoms with E-state index in [1.165, 1.54) is 29.5 Å². The number of carbonyl (C=O) groups is 1. The zero-order valence-electron chi connectivity index (χ0n) is 9.89. The van der Waals surface area contributed by atoms with Gasteiger partial charge in [0.15, 0.2) is 0 Å². The Balaban J connectivity index is 2.16. The van der Waals surface area contributed by atoms with E-state index in [-0.39, 0.29) is 11.4 Å². The van der Waals surface area contributed by atoms with E-state index in [1.54, 1.807) is 11.4 Å². The van der Waals surface area contributed by atoms with Gasteiger partial charge in [-0.25, -0.2) is 9.18 Å². The molecular formula is C14H11FO3S. The summed E-state index contributed by atoms with van der Waals surface area (Å²) in [6, 6.07) is 5.73. The molecule has 0 radical (unpaired) electrons. The van der Waals surface area contributed by atoms with Gasteiger partial charge in [-0.3, -0.25) is 0 Å². The van der Waals surface area contributed by atoms with Crippen LogP contribution in [-0.2, 0) is 12.0 Å². The monoisotopic (exact) mass is 278 g/mol. The first-order valence-corrected chi connectivity index (χ1v) is 6.73. The summed E-state index contributed by atoms with van der Waals surface area (Å²) in [6.07, 6.45) is 0.924. The van der Waals surface area contributed by atoms with Crippen molar-refractivity contribution in [2.45, 2.75) is 18.4 Å². The van der Waals surface area contributed by atoms with E-state index in [2.05, 4.69) is 0 Å². The summed E-state index contributed by atoms with van der Waals surface area (Å²) >= 11 is 1.22. The fourth-order valence-corrected chi connectivity index (χ4v) is 3.69. The molecule has 1 aliphatic rings. The summed E-state index contributed by atoms with van der Waals surface area (Å²) < 4.78 is 13.2. The van der Waals surface area contributed by atoms with Crippen LogP contribution in [0.5, 0.6) is 0 Å². The van der Waals surface area contributed by atoms with Crippen molar-refractivity contribution < 1.29 is 19.4 Å². The Labute approximate surface area is 112 Å². The predicted octanol–water partition coefficient (Wildman–Crippen LogP) is 2.77. The molecule has 0 saturated carbocycles. The molecule has 2 N–H and O–H groups in total. The quantitative estimate of drug-likeness (QED) is 0.888. The first-order chi connectivity index (χ1) is 9.02. The fraction of sp³-hybridized carbons (Fsp3) is 0.214. The molecule has 1 aliphatic carbocycles. The highest BCUT2D eigenvalue weighted by Crippen LogP contribution is 2.45. The number of halogens is 1. The maximum Gasteiger partial charge on any atom is 0.336 e. The van der Waals surface area contributed by atoms with Crippen LogP contribution in [0.2, 0.25) is 0 Å². The molecule has 1 heterocycles. The largest absolute Gasteiger partial charge is 0.478 e. The molecule has 0 bridgehead atoms. The molecule has 5 heteroatoms. The van der Waals surface area contributed by atoms with E-state index in [4.69, 9.17) is 5.11 Å². The summed E-state index contributed by atoms with van der Waals surface area (Å²) in [4.78, 5) is 11.6. The SMILES string of the molecule is O=C(O)c1ccsc1C1(O)CCc2cc(F)ccc21. The Kier molecular flexibility index (Phi) is 2.69. The van der Waals surface area contributed by atoms with E-state index in [0.717, 1.165) is 5.56 Å². The first-order valence-electron chi connectivity index (χ1n) is 5.85. The van der Waals surface area contributed by atoms with Gasteiger partial charge in [-0.1, -0.05) is 6.07 Å². The highest BCUT2D eigenvalue weighted by Gasteiger charge is 2.41. The average Bonchev–Trinajstić information content (AvgIpc) is 2.95. The minimum absolute atomic E-state index is 0.115. The van der Waals surface area contributed by atoms with Crippen LogP contribution in [0.15, 0.2) is 29.6 Å². The van der Waals surface area contributed by atoms with Gasteiger partial charge in [-0.2, -0.15) is 0 Å². The van der Waals surface area contributed by atoms with Gasteiger partial charge in [0.1, 0.15) is 11.4 Å². The van der Waals surface area contributed by atoms with Gasteiger partial charge in [-0.05, 0) is 47.5 Å². The average molecular weight is 278 g/mol. The van der Waals surface area contributed by atoms with E-state index >= 15 is 0 Å². The lowest BCUT2D eigenvalue weighted by Gasteiger charge is -2.23. The molecule has 0 amide bonds. The molecule has 0 saturated heterocycles. The number of fused-ring (bicyclic) bond motifs is 1. The zero-order valence-corrected chi connectivity index (χ0v) is 10.7. The van der Waals surface area contributed by atoms with Crippen molar-refractivity contribution in [2.24, 2.45) is 0 Å². The van der Waals surface area contributed by atoms with Crippen molar-refractivity contribution in [3.63, 3.8) is 0 Å². The summed E-state index contributed by atoms with van der Waals surface area (Å²) in [6.45, 7) is 0. The molecule has 3 rings (SSSR count). The standard InChI is InChI=1S/C14H11FO3S/c15-9-1-2-11-8(7-9)3-5-14(11,18)12-10(13(16)17)4-6-19-12/h1-2,4,6-7,18H,3,5H2,(H,16,17). The number of rotatable bonds is 2. The Morgan fingerprint density at radius 1 is 1.37 bits per heavy atom. The van der Waals surface area contributed by atoms with Gasteiger partial charge >= 0.3 is 5.97 Å². The van der Waals surface area contributed by atoms with Gasteiger partial charge in [0.25, 0.3) is 0 Å². The molecule has 0 spiro atoms. The van der Waals surface area contributed by atoms with Crippen molar-refractivity contribution in [3.8, 4) is 0 Å². The molecule has 19 heavy (non-hydrogen) atoms. The Morgan fingerprint density at radius 3 is 2.89 bits per heavy atom. The molecule has 0 aliphatic heterocycles. The third-order valence-corrected chi connectivity index (χ3v) is 4.61. The fourth-order valence-electron chi connectivity index (χ4n) is 2.66. The van der Waals surface area contributed by atoms with Crippen molar-refractivity contribution >= 4 is 17.3 Å². The number of carboxylic acids is 1. The Bertz CT molecular complexity index is 664. The highest BCUT2D eigenvalue weighted by molar-refractivity contribution is 7.10. The first kappa shape index (κ1) is 12.3. The third kappa shape index (κ3) is 1.77. The van der Waals surface area contributed by atoms with Crippen LogP contribution >= 0.6 is 11.3 Å². The number of aliphatic hydroxyl groups is 1. The summed E-state index contributed by atoms with van der Waals surface area (Å²) in [7, 11) is 0. The lowest BCUT2D eigenvalue weighted by atomic mass is 9.92. The number of benzene rings is 1. The van der Waals surface area contributed by atoms with Gasteiger partial charge in [-0.15, -0.1) is 11.3 Å². The van der Waals surface area contributed by atoms with Crippen molar-refractivity contribution in [1.29, 1.82) is 0 Å². The molecule has 1 aromatic carbocycles. The number of hydrogen-bond donors (Lipinski definition) is 2. The van der Waals surface area contributed by atoms with E-state index in [1.807, 2.05) is 0 Å². The second-order valence-corrected chi connectivity index (χ2v) is 5.55. The van der Waals surface area contributed by atoms with Gasteiger partial charge in [0, 0.05) is 0 Å². The van der Waals surface area contributed by atoms with Crippen molar-refractivity contribution in [2.75, 3.05) is 0 Å². The van der Waals surface area contributed by atoms with Gasteiger partial charge in [0.05, 0.1) is 10.4 Å². The lowest BCUT2D eigenvalue weighted by molar-refractivity contribution is 0.0655. The molecule has 1 unspecified atom stereocenters. The number of aryl methyl sites for hydroxylation is 1. The second-order valence-electron chi connectivity index (χ2n) is 4.63. The third-order valence-electron chi connectivity index (χ3n) is 3.54. The number of thiophene rings is 1. The van der Waals surface area contributed by atoms with E-state index in [0.29, 0.717) is 23.3 Å². The number of aromatic carboxylic acids is 1. The van der Waals surface area contributed by atoms with Crippen LogP contribution in [0.4, 0.5) is 4.39 Å². The van der Waals surface area contributed by atoms with Crippen LogP contribution in [0.3, 0.4) is 0 Å². The van der Waals surface area contributed by atoms with Gasteiger partial charge in [0.2, 0.25) is 0 Å². The van der Waals surface area contributed by atoms with Gasteiger partial charge < -0.3 is 10.2 Å². The highest BCUT2D eigenvalue weighted by atomic mass is 32.1. The number of hydrogen-bond acceptors (Lipinski definition) is 3. The maximum atomic E-state index is 13.2. The maximum absolute atomic E-state index is 13.2. The lowest BCUT2D eigenvalue weighted by Crippen LogP contribution is -2.25. The van der Waals surface area contributed by atoms with E-state index < -0.39 is 11.6 Å². The van der Waals surface area contributed by atoms with Crippen LogP contribution in [-0.4, -0.2) is 16.2 Å². The zero-order chi connectivity index (χ0) is 13.6. The molecule has 1 atom stereocenters. The van der Waals surface area contributed by atoms with Crippen LogP contribution in [0.1, 0.15) is 32.8 Å². The van der Waals surface area contributed by atoms with Crippen molar-refractivity contribution in [1.82, 2.24) is 0 Å². The summed E-state index contributed by atoms with van der Waals surface area (Å²) in [5.74, 6) is -1.40. The Morgan fingerprint density at radius 2 is 2.16 bits per heavy atom. The summed E-state index contributed by atoms with van der Waals surface area (Å²) in [5.41, 5.74) is 0.154. The molecule has 3 nitrogen and oxygen atoms in total. The minimum Gasteiger partial charge on any atom is -0.478 e. The molecular weight excluding hydrogens is 267 g/mol. The van der Waals surface area contributed by atoms with Crippen LogP contribution in [0.25, 0.3) is 0 Å². The van der Waals surface area contributed by atoms with E-state index in [9.17, 15) is 14.3 Å².